The van der Waals surface area contributed by atoms with Gasteiger partial charge in [-0.1, -0.05) is 18.2 Å². The largest absolute Gasteiger partial charge is 0.490 e. The molecule has 164 valence electrons. The standard InChI is InChI=1S/C26H26N2O4/c1-4-28-22-15-12-19(16-23(22)31-17-26(2,3)25(28)30)27-24(29)18-10-13-21(14-11-18)32-20-8-6-5-7-9-20/h5-16H,4,17H2,1-3H3,(H,27,29). The Balaban J connectivity index is 1.48. The molecule has 1 N–H and O–H groups in total. The summed E-state index contributed by atoms with van der Waals surface area (Å²) >= 11 is 0. The van der Waals surface area contributed by atoms with E-state index in [1.54, 1.807) is 41.3 Å². The van der Waals surface area contributed by atoms with Crippen LogP contribution >= 0.6 is 0 Å². The van der Waals surface area contributed by atoms with Gasteiger partial charge >= 0.3 is 0 Å². The van der Waals surface area contributed by atoms with Crippen molar-refractivity contribution < 1.29 is 19.1 Å². The predicted octanol–water partition coefficient (Wildman–Crippen LogP) is 5.50. The minimum absolute atomic E-state index is 0.0216. The first-order chi connectivity index (χ1) is 15.4. The molecule has 0 aromatic heterocycles. The number of rotatable bonds is 5. The molecule has 6 heteroatoms. The molecule has 3 aromatic rings. The summed E-state index contributed by atoms with van der Waals surface area (Å²) in [5, 5.41) is 2.90. The van der Waals surface area contributed by atoms with Crippen LogP contribution in [0.15, 0.2) is 72.8 Å². The van der Waals surface area contributed by atoms with Crippen molar-refractivity contribution >= 4 is 23.2 Å². The molecule has 1 heterocycles. The fourth-order valence-corrected chi connectivity index (χ4v) is 3.54. The van der Waals surface area contributed by atoms with Gasteiger partial charge in [0, 0.05) is 23.9 Å². The van der Waals surface area contributed by atoms with Gasteiger partial charge in [-0.3, -0.25) is 9.59 Å². The Labute approximate surface area is 187 Å². The Kier molecular flexibility index (Phi) is 5.86. The van der Waals surface area contributed by atoms with Gasteiger partial charge in [-0.15, -0.1) is 0 Å². The first-order valence-electron chi connectivity index (χ1n) is 10.6. The fraction of sp³-hybridized carbons (Fsp3) is 0.231. The van der Waals surface area contributed by atoms with Crippen LogP contribution in [0.25, 0.3) is 0 Å². The van der Waals surface area contributed by atoms with E-state index in [9.17, 15) is 9.59 Å². The second kappa shape index (κ2) is 8.75. The average Bonchev–Trinajstić information content (AvgIpc) is 2.89. The number of amides is 2. The smallest absolute Gasteiger partial charge is 0.255 e. The van der Waals surface area contributed by atoms with Gasteiger partial charge in [-0.2, -0.15) is 0 Å². The first kappa shape index (κ1) is 21.4. The number of ether oxygens (including phenoxy) is 2. The van der Waals surface area contributed by atoms with Crippen LogP contribution in [0.3, 0.4) is 0 Å². The van der Waals surface area contributed by atoms with E-state index in [2.05, 4.69) is 5.32 Å². The molecular formula is C26H26N2O4. The van der Waals surface area contributed by atoms with E-state index >= 15 is 0 Å². The molecule has 0 spiro atoms. The number of fused-ring (bicyclic) bond motifs is 1. The third kappa shape index (κ3) is 4.44. The third-order valence-electron chi connectivity index (χ3n) is 5.33. The maximum absolute atomic E-state index is 12.8. The summed E-state index contributed by atoms with van der Waals surface area (Å²) in [6, 6.07) is 21.8. The van der Waals surface area contributed by atoms with Crippen LogP contribution in [0, 0.1) is 5.41 Å². The summed E-state index contributed by atoms with van der Waals surface area (Å²) in [4.78, 5) is 27.3. The number of hydrogen-bond donors (Lipinski definition) is 1. The summed E-state index contributed by atoms with van der Waals surface area (Å²) in [6.45, 7) is 6.50. The normalized spacial score (nSPS) is 14.7. The second-order valence-corrected chi connectivity index (χ2v) is 8.30. The lowest BCUT2D eigenvalue weighted by Crippen LogP contribution is -2.42. The molecule has 1 aliphatic heterocycles. The van der Waals surface area contributed by atoms with Crippen LogP contribution in [-0.2, 0) is 4.79 Å². The van der Waals surface area contributed by atoms with Gasteiger partial charge in [0.05, 0.1) is 11.1 Å². The Bertz CT molecular complexity index is 1120. The van der Waals surface area contributed by atoms with Crippen molar-refractivity contribution in [3.63, 3.8) is 0 Å². The number of para-hydroxylation sites is 1. The summed E-state index contributed by atoms with van der Waals surface area (Å²) in [6.07, 6.45) is 0. The molecule has 0 saturated heterocycles. The molecule has 0 saturated carbocycles. The molecule has 0 radical (unpaired) electrons. The minimum Gasteiger partial charge on any atom is -0.490 e. The lowest BCUT2D eigenvalue weighted by atomic mass is 9.93. The molecule has 0 atom stereocenters. The van der Waals surface area contributed by atoms with Crippen LogP contribution in [-0.4, -0.2) is 25.0 Å². The highest BCUT2D eigenvalue weighted by molar-refractivity contribution is 6.05. The number of hydrogen-bond acceptors (Lipinski definition) is 4. The molecule has 4 rings (SSSR count). The minimum atomic E-state index is -0.623. The maximum atomic E-state index is 12.8. The van der Waals surface area contributed by atoms with E-state index in [0.29, 0.717) is 35.0 Å². The molecule has 1 aliphatic rings. The van der Waals surface area contributed by atoms with E-state index < -0.39 is 5.41 Å². The highest BCUT2D eigenvalue weighted by Crippen LogP contribution is 2.38. The van der Waals surface area contributed by atoms with Crippen LogP contribution < -0.4 is 19.7 Å². The van der Waals surface area contributed by atoms with E-state index in [1.807, 2.05) is 57.2 Å². The van der Waals surface area contributed by atoms with Crippen LogP contribution in [0.4, 0.5) is 11.4 Å². The molecule has 3 aromatic carbocycles. The topological polar surface area (TPSA) is 67.9 Å². The van der Waals surface area contributed by atoms with Crippen LogP contribution in [0.1, 0.15) is 31.1 Å². The van der Waals surface area contributed by atoms with Crippen molar-refractivity contribution in [1.82, 2.24) is 0 Å². The van der Waals surface area contributed by atoms with Crippen LogP contribution in [0.2, 0.25) is 0 Å². The summed E-state index contributed by atoms with van der Waals surface area (Å²) < 4.78 is 11.7. The van der Waals surface area contributed by atoms with Crippen molar-refractivity contribution in [2.75, 3.05) is 23.4 Å². The third-order valence-corrected chi connectivity index (χ3v) is 5.33. The van der Waals surface area contributed by atoms with E-state index in [0.717, 1.165) is 5.75 Å². The van der Waals surface area contributed by atoms with Crippen molar-refractivity contribution in [3.05, 3.63) is 78.4 Å². The van der Waals surface area contributed by atoms with Gasteiger partial charge in [0.2, 0.25) is 5.91 Å². The van der Waals surface area contributed by atoms with Crippen molar-refractivity contribution in [2.45, 2.75) is 20.8 Å². The molecule has 0 bridgehead atoms. The van der Waals surface area contributed by atoms with Crippen molar-refractivity contribution in [3.8, 4) is 17.2 Å². The molecule has 0 aliphatic carbocycles. The molecule has 32 heavy (non-hydrogen) atoms. The summed E-state index contributed by atoms with van der Waals surface area (Å²) in [7, 11) is 0. The number of nitrogens with one attached hydrogen (secondary N) is 1. The van der Waals surface area contributed by atoms with Gasteiger partial charge < -0.3 is 19.7 Å². The Morgan fingerprint density at radius 1 is 1.03 bits per heavy atom. The average molecular weight is 431 g/mol. The Morgan fingerprint density at radius 2 is 1.72 bits per heavy atom. The van der Waals surface area contributed by atoms with Gasteiger partial charge in [0.25, 0.3) is 5.91 Å². The molecular weight excluding hydrogens is 404 g/mol. The second-order valence-electron chi connectivity index (χ2n) is 8.30. The van der Waals surface area contributed by atoms with E-state index in [4.69, 9.17) is 9.47 Å². The summed E-state index contributed by atoms with van der Waals surface area (Å²) in [5.41, 5.74) is 1.19. The Hall–Kier alpha value is -3.80. The highest BCUT2D eigenvalue weighted by atomic mass is 16.5. The lowest BCUT2D eigenvalue weighted by Gasteiger charge is -2.26. The quantitative estimate of drug-likeness (QED) is 0.580. The molecule has 0 fully saturated rings. The number of carbonyl (C=O) groups is 2. The summed E-state index contributed by atoms with van der Waals surface area (Å²) in [5.74, 6) is 1.74. The number of anilines is 2. The maximum Gasteiger partial charge on any atom is 0.255 e. The van der Waals surface area contributed by atoms with Gasteiger partial charge in [0.15, 0.2) is 0 Å². The first-order valence-corrected chi connectivity index (χ1v) is 10.6. The van der Waals surface area contributed by atoms with Gasteiger partial charge in [-0.25, -0.2) is 0 Å². The number of nitrogens with zero attached hydrogens (tertiary/aromatic N) is 1. The number of carbonyl (C=O) groups excluding carboxylic acids is 2. The molecule has 6 nitrogen and oxygen atoms in total. The van der Waals surface area contributed by atoms with E-state index in [-0.39, 0.29) is 18.4 Å². The lowest BCUT2D eigenvalue weighted by molar-refractivity contribution is -0.127. The van der Waals surface area contributed by atoms with Gasteiger partial charge in [-0.05, 0) is 69.3 Å². The van der Waals surface area contributed by atoms with Crippen LogP contribution in [0.5, 0.6) is 17.2 Å². The SMILES string of the molecule is CCN1C(=O)C(C)(C)COc2cc(NC(=O)c3ccc(Oc4ccccc4)cc3)ccc21. The van der Waals surface area contributed by atoms with Crippen molar-refractivity contribution in [2.24, 2.45) is 5.41 Å². The Morgan fingerprint density at radius 3 is 2.41 bits per heavy atom. The zero-order valence-corrected chi connectivity index (χ0v) is 18.4. The zero-order valence-electron chi connectivity index (χ0n) is 18.4. The fourth-order valence-electron chi connectivity index (χ4n) is 3.54. The zero-order chi connectivity index (χ0) is 22.7. The highest BCUT2D eigenvalue weighted by Gasteiger charge is 2.37. The predicted molar refractivity (Wildman–Crippen MR) is 125 cm³/mol. The monoisotopic (exact) mass is 430 g/mol. The van der Waals surface area contributed by atoms with E-state index in [1.165, 1.54) is 0 Å². The van der Waals surface area contributed by atoms with Crippen molar-refractivity contribution in [1.29, 1.82) is 0 Å². The van der Waals surface area contributed by atoms with Gasteiger partial charge in [0.1, 0.15) is 23.9 Å². The molecule has 2 amide bonds. The number of benzene rings is 3. The molecule has 0 unspecified atom stereocenters.